The van der Waals surface area contributed by atoms with Gasteiger partial charge in [0.2, 0.25) is 5.91 Å². The quantitative estimate of drug-likeness (QED) is 0.606. The summed E-state index contributed by atoms with van der Waals surface area (Å²) in [5.74, 6) is 0.129. The molecule has 1 saturated heterocycles. The number of amides is 1. The van der Waals surface area contributed by atoms with Gasteiger partial charge in [-0.2, -0.15) is 0 Å². The van der Waals surface area contributed by atoms with Crippen molar-refractivity contribution in [3.63, 3.8) is 0 Å². The fourth-order valence-corrected chi connectivity index (χ4v) is 5.16. The molecule has 160 valence electrons. The van der Waals surface area contributed by atoms with Crippen LogP contribution in [0.15, 0.2) is 53.9 Å². The summed E-state index contributed by atoms with van der Waals surface area (Å²) in [5.41, 5.74) is 5.59. The molecule has 1 aromatic heterocycles. The number of ether oxygens (including phenoxy) is 1. The molecule has 2 aliphatic rings. The number of carbonyl (C=O) groups excluding carboxylic acids is 1. The number of aromatic nitrogens is 1. The first-order valence-corrected chi connectivity index (χ1v) is 11.9. The number of benzene rings is 2. The first-order chi connectivity index (χ1) is 15.3. The zero-order chi connectivity index (χ0) is 21.0. The van der Waals surface area contributed by atoms with Gasteiger partial charge in [-0.15, -0.1) is 11.3 Å². The van der Waals surface area contributed by atoms with Crippen molar-refractivity contribution < 1.29 is 9.53 Å². The standard InChI is InChI=1S/C25H27N3O2S/c29-24(28-11-3-5-20-4-1-2-6-23(20)28)16-22-18-31-25(26-22)21-9-7-19(8-10-21)17-27-12-14-30-15-13-27/h1-2,4,6-10,18H,3,5,11-17H2. The summed E-state index contributed by atoms with van der Waals surface area (Å²) >= 11 is 1.61. The minimum absolute atomic E-state index is 0.129. The van der Waals surface area contributed by atoms with Gasteiger partial charge in [-0.1, -0.05) is 42.5 Å². The summed E-state index contributed by atoms with van der Waals surface area (Å²) < 4.78 is 5.42. The van der Waals surface area contributed by atoms with Gasteiger partial charge in [0, 0.05) is 42.8 Å². The Morgan fingerprint density at radius 1 is 1.03 bits per heavy atom. The fourth-order valence-electron chi connectivity index (χ4n) is 4.33. The second-order valence-corrected chi connectivity index (χ2v) is 9.04. The van der Waals surface area contributed by atoms with Crippen molar-refractivity contribution in [1.82, 2.24) is 9.88 Å². The average Bonchev–Trinajstić information content (AvgIpc) is 3.28. The number of aryl methyl sites for hydroxylation is 1. The second kappa shape index (κ2) is 9.30. The number of hydrogen-bond donors (Lipinski definition) is 0. The Morgan fingerprint density at radius 3 is 2.68 bits per heavy atom. The van der Waals surface area contributed by atoms with Crippen molar-refractivity contribution >= 4 is 22.9 Å². The SMILES string of the molecule is O=C(Cc1csc(-c2ccc(CN3CCOCC3)cc2)n1)N1CCCc2ccccc21. The molecule has 6 heteroatoms. The molecule has 0 atom stereocenters. The van der Waals surface area contributed by atoms with Gasteiger partial charge in [-0.3, -0.25) is 9.69 Å². The summed E-state index contributed by atoms with van der Waals surface area (Å²) in [6.45, 7) is 5.37. The van der Waals surface area contributed by atoms with E-state index in [-0.39, 0.29) is 5.91 Å². The Labute approximate surface area is 187 Å². The topological polar surface area (TPSA) is 45.7 Å². The molecule has 3 heterocycles. The van der Waals surface area contributed by atoms with Gasteiger partial charge in [0.05, 0.1) is 25.3 Å². The normalized spacial score (nSPS) is 16.8. The minimum Gasteiger partial charge on any atom is -0.379 e. The highest BCUT2D eigenvalue weighted by Gasteiger charge is 2.23. The van der Waals surface area contributed by atoms with Crippen LogP contribution in [0.25, 0.3) is 10.6 Å². The van der Waals surface area contributed by atoms with E-state index in [0.29, 0.717) is 6.42 Å². The lowest BCUT2D eigenvalue weighted by molar-refractivity contribution is -0.118. The van der Waals surface area contributed by atoms with Crippen LogP contribution in [-0.2, 0) is 28.9 Å². The number of fused-ring (bicyclic) bond motifs is 1. The van der Waals surface area contributed by atoms with E-state index in [1.54, 1.807) is 11.3 Å². The van der Waals surface area contributed by atoms with Crippen LogP contribution >= 0.6 is 11.3 Å². The Morgan fingerprint density at radius 2 is 1.84 bits per heavy atom. The molecule has 0 saturated carbocycles. The van der Waals surface area contributed by atoms with Crippen molar-refractivity contribution in [2.24, 2.45) is 0 Å². The van der Waals surface area contributed by atoms with E-state index < -0.39 is 0 Å². The zero-order valence-corrected chi connectivity index (χ0v) is 18.4. The van der Waals surface area contributed by atoms with E-state index in [2.05, 4.69) is 41.3 Å². The Balaban J connectivity index is 1.23. The van der Waals surface area contributed by atoms with Gasteiger partial charge < -0.3 is 9.64 Å². The molecule has 2 aliphatic heterocycles. The van der Waals surface area contributed by atoms with Gasteiger partial charge >= 0.3 is 0 Å². The van der Waals surface area contributed by atoms with Gasteiger partial charge in [0.25, 0.3) is 0 Å². The van der Waals surface area contributed by atoms with E-state index in [1.165, 1.54) is 11.1 Å². The molecule has 5 nitrogen and oxygen atoms in total. The van der Waals surface area contributed by atoms with Crippen LogP contribution in [0.5, 0.6) is 0 Å². The monoisotopic (exact) mass is 433 g/mol. The van der Waals surface area contributed by atoms with Gasteiger partial charge in [-0.05, 0) is 30.0 Å². The highest BCUT2D eigenvalue weighted by Crippen LogP contribution is 2.28. The molecule has 0 unspecified atom stereocenters. The highest BCUT2D eigenvalue weighted by atomic mass is 32.1. The molecular formula is C25H27N3O2S. The number of carbonyl (C=O) groups is 1. The number of nitrogens with zero attached hydrogens (tertiary/aromatic N) is 3. The second-order valence-electron chi connectivity index (χ2n) is 8.18. The van der Waals surface area contributed by atoms with Gasteiger partial charge in [-0.25, -0.2) is 4.98 Å². The predicted molar refractivity (Wildman–Crippen MR) is 124 cm³/mol. The molecule has 31 heavy (non-hydrogen) atoms. The van der Waals surface area contributed by atoms with Crippen LogP contribution in [0.3, 0.4) is 0 Å². The van der Waals surface area contributed by atoms with E-state index in [1.807, 2.05) is 22.4 Å². The first kappa shape index (κ1) is 20.4. The van der Waals surface area contributed by atoms with Crippen LogP contribution in [0.2, 0.25) is 0 Å². The van der Waals surface area contributed by atoms with E-state index >= 15 is 0 Å². The predicted octanol–water partition coefficient (Wildman–Crippen LogP) is 4.16. The number of hydrogen-bond acceptors (Lipinski definition) is 5. The van der Waals surface area contributed by atoms with Gasteiger partial charge in [0.15, 0.2) is 0 Å². The first-order valence-electron chi connectivity index (χ1n) is 11.0. The van der Waals surface area contributed by atoms with E-state index in [4.69, 9.17) is 9.72 Å². The van der Waals surface area contributed by atoms with Crippen LogP contribution < -0.4 is 4.90 Å². The molecule has 0 bridgehead atoms. The molecule has 1 amide bonds. The number of morpholine rings is 1. The third kappa shape index (κ3) is 4.71. The van der Waals surface area contributed by atoms with Crippen molar-refractivity contribution in [3.8, 4) is 10.6 Å². The van der Waals surface area contributed by atoms with Crippen molar-refractivity contribution in [2.45, 2.75) is 25.8 Å². The molecule has 0 radical (unpaired) electrons. The van der Waals surface area contributed by atoms with E-state index in [0.717, 1.165) is 74.2 Å². The largest absolute Gasteiger partial charge is 0.379 e. The summed E-state index contributed by atoms with van der Waals surface area (Å²) in [4.78, 5) is 22.1. The third-order valence-electron chi connectivity index (χ3n) is 6.01. The van der Waals surface area contributed by atoms with Crippen molar-refractivity contribution in [1.29, 1.82) is 0 Å². The maximum atomic E-state index is 13.0. The maximum absolute atomic E-state index is 13.0. The summed E-state index contributed by atoms with van der Waals surface area (Å²) in [6.07, 6.45) is 2.41. The fraction of sp³-hybridized carbons (Fsp3) is 0.360. The van der Waals surface area contributed by atoms with Crippen molar-refractivity contribution in [3.05, 3.63) is 70.7 Å². The Kier molecular flexibility index (Phi) is 6.11. The lowest BCUT2D eigenvalue weighted by atomic mass is 10.0. The number of para-hydroxylation sites is 1. The number of thiazole rings is 1. The molecular weight excluding hydrogens is 406 g/mol. The minimum atomic E-state index is 0.129. The van der Waals surface area contributed by atoms with Crippen LogP contribution in [0.1, 0.15) is 23.2 Å². The lowest BCUT2D eigenvalue weighted by Crippen LogP contribution is -2.36. The lowest BCUT2D eigenvalue weighted by Gasteiger charge is -2.29. The maximum Gasteiger partial charge on any atom is 0.233 e. The molecule has 2 aromatic carbocycles. The molecule has 0 spiro atoms. The molecule has 5 rings (SSSR count). The third-order valence-corrected chi connectivity index (χ3v) is 6.95. The zero-order valence-electron chi connectivity index (χ0n) is 17.6. The summed E-state index contributed by atoms with van der Waals surface area (Å²) in [7, 11) is 0. The van der Waals surface area contributed by atoms with Gasteiger partial charge in [0.1, 0.15) is 5.01 Å². The Bertz CT molecular complexity index is 1040. The summed E-state index contributed by atoms with van der Waals surface area (Å²) in [6, 6.07) is 16.9. The number of rotatable bonds is 5. The van der Waals surface area contributed by atoms with E-state index in [9.17, 15) is 4.79 Å². The van der Waals surface area contributed by atoms with Crippen molar-refractivity contribution in [2.75, 3.05) is 37.7 Å². The molecule has 1 fully saturated rings. The Hall–Kier alpha value is -2.54. The molecule has 0 aliphatic carbocycles. The van der Waals surface area contributed by atoms with Crippen LogP contribution in [-0.4, -0.2) is 48.6 Å². The average molecular weight is 434 g/mol. The molecule has 0 N–H and O–H groups in total. The van der Waals surface area contributed by atoms with Crippen LogP contribution in [0.4, 0.5) is 5.69 Å². The molecule has 3 aromatic rings. The highest BCUT2D eigenvalue weighted by molar-refractivity contribution is 7.13. The van der Waals surface area contributed by atoms with Crippen LogP contribution in [0, 0.1) is 0 Å². The smallest absolute Gasteiger partial charge is 0.233 e. The summed E-state index contributed by atoms with van der Waals surface area (Å²) in [5, 5.41) is 2.99. The number of anilines is 1.